The topological polar surface area (TPSA) is 57.6 Å². The van der Waals surface area contributed by atoms with Crippen molar-refractivity contribution in [3.63, 3.8) is 0 Å². The number of aliphatic hydroxyl groups excluding tert-OH is 1. The van der Waals surface area contributed by atoms with Gasteiger partial charge in [-0.2, -0.15) is 0 Å². The van der Waals surface area contributed by atoms with Crippen LogP contribution < -0.4 is 4.90 Å². The van der Waals surface area contributed by atoms with E-state index in [0.29, 0.717) is 11.6 Å². The molecular formula is C25H18F3NO3. The van der Waals surface area contributed by atoms with Gasteiger partial charge in [0.2, 0.25) is 0 Å². The van der Waals surface area contributed by atoms with Crippen LogP contribution in [0, 0.1) is 31.3 Å². The minimum absolute atomic E-state index is 0.138. The van der Waals surface area contributed by atoms with E-state index in [1.54, 1.807) is 31.2 Å². The lowest BCUT2D eigenvalue weighted by atomic mass is 9.94. The standard InChI is InChI=1S/C25H18F3NO3/c1-13-4-3-5-15(10-13)22-21(23(30)16-6-8-18(27)14(2)11-16)24(31)25(32)29(22)20-9-7-17(26)12-19(20)28/h3-12,22,30H,1-2H3/b23-21+. The lowest BCUT2D eigenvalue weighted by Gasteiger charge is -2.26. The number of nitrogens with zero attached hydrogens (tertiary/aromatic N) is 1. The Labute approximate surface area is 182 Å². The zero-order valence-electron chi connectivity index (χ0n) is 17.2. The fourth-order valence-electron chi connectivity index (χ4n) is 3.86. The van der Waals surface area contributed by atoms with E-state index in [-0.39, 0.29) is 22.4 Å². The maximum absolute atomic E-state index is 14.7. The molecule has 1 fully saturated rings. The van der Waals surface area contributed by atoms with Crippen LogP contribution in [0.2, 0.25) is 0 Å². The number of hydrogen-bond acceptors (Lipinski definition) is 3. The van der Waals surface area contributed by atoms with Crippen molar-refractivity contribution in [1.82, 2.24) is 0 Å². The fraction of sp³-hybridized carbons (Fsp3) is 0.120. The average molecular weight is 437 g/mol. The van der Waals surface area contributed by atoms with Crippen LogP contribution >= 0.6 is 0 Å². The molecule has 0 bridgehead atoms. The Bertz CT molecular complexity index is 1300. The van der Waals surface area contributed by atoms with Gasteiger partial charge in [0, 0.05) is 11.6 Å². The van der Waals surface area contributed by atoms with Crippen molar-refractivity contribution in [2.45, 2.75) is 19.9 Å². The van der Waals surface area contributed by atoms with Crippen LogP contribution in [0.5, 0.6) is 0 Å². The Morgan fingerprint density at radius 3 is 2.31 bits per heavy atom. The molecule has 3 aromatic rings. The smallest absolute Gasteiger partial charge is 0.300 e. The van der Waals surface area contributed by atoms with Gasteiger partial charge in [-0.15, -0.1) is 0 Å². The maximum Gasteiger partial charge on any atom is 0.300 e. The normalized spacial score (nSPS) is 17.8. The number of ketones is 1. The predicted octanol–water partition coefficient (Wildman–Crippen LogP) is 5.35. The molecule has 1 heterocycles. The monoisotopic (exact) mass is 437 g/mol. The van der Waals surface area contributed by atoms with Crippen molar-refractivity contribution in [3.8, 4) is 0 Å². The van der Waals surface area contributed by atoms with E-state index in [4.69, 9.17) is 0 Å². The molecule has 32 heavy (non-hydrogen) atoms. The SMILES string of the molecule is Cc1cccc(C2/C(=C(\O)c3ccc(F)c(C)c3)C(=O)C(=O)N2c2ccc(F)cc2F)c1. The summed E-state index contributed by atoms with van der Waals surface area (Å²) in [5, 5.41) is 11.0. The number of amides is 1. The van der Waals surface area contributed by atoms with E-state index in [1.165, 1.54) is 19.1 Å². The highest BCUT2D eigenvalue weighted by Gasteiger charge is 2.47. The Morgan fingerprint density at radius 1 is 0.906 bits per heavy atom. The summed E-state index contributed by atoms with van der Waals surface area (Å²) in [6, 6.07) is 12.1. The minimum Gasteiger partial charge on any atom is -0.507 e. The quantitative estimate of drug-likeness (QED) is 0.342. The first kappa shape index (κ1) is 21.4. The molecule has 0 radical (unpaired) electrons. The van der Waals surface area contributed by atoms with Crippen LogP contribution in [0.3, 0.4) is 0 Å². The second kappa shape index (κ2) is 8.00. The number of carbonyl (C=O) groups excluding carboxylic acids is 2. The summed E-state index contributed by atoms with van der Waals surface area (Å²) in [7, 11) is 0. The molecule has 4 nitrogen and oxygen atoms in total. The van der Waals surface area contributed by atoms with Crippen molar-refractivity contribution >= 4 is 23.1 Å². The summed E-state index contributed by atoms with van der Waals surface area (Å²) in [5.74, 6) is -4.96. The summed E-state index contributed by atoms with van der Waals surface area (Å²) < 4.78 is 41.9. The predicted molar refractivity (Wildman–Crippen MR) is 113 cm³/mol. The van der Waals surface area contributed by atoms with Gasteiger partial charge in [0.15, 0.2) is 0 Å². The van der Waals surface area contributed by atoms with Crippen LogP contribution in [0.25, 0.3) is 5.76 Å². The highest BCUT2D eigenvalue weighted by molar-refractivity contribution is 6.51. The van der Waals surface area contributed by atoms with Gasteiger partial charge in [-0.3, -0.25) is 14.5 Å². The summed E-state index contributed by atoms with van der Waals surface area (Å²) in [4.78, 5) is 26.9. The molecule has 1 atom stereocenters. The first-order valence-electron chi connectivity index (χ1n) is 9.78. The lowest BCUT2D eigenvalue weighted by Crippen LogP contribution is -2.30. The van der Waals surface area contributed by atoms with Gasteiger partial charge in [0.1, 0.15) is 23.2 Å². The molecule has 1 N–H and O–H groups in total. The molecule has 4 rings (SSSR count). The maximum atomic E-state index is 14.7. The molecule has 1 aliphatic rings. The number of hydrogen-bond donors (Lipinski definition) is 1. The van der Waals surface area contributed by atoms with E-state index in [1.807, 2.05) is 0 Å². The molecule has 0 saturated carbocycles. The zero-order chi connectivity index (χ0) is 23.2. The summed E-state index contributed by atoms with van der Waals surface area (Å²) >= 11 is 0. The van der Waals surface area contributed by atoms with Gasteiger partial charge in [0.25, 0.3) is 11.7 Å². The molecule has 1 amide bonds. The summed E-state index contributed by atoms with van der Waals surface area (Å²) in [5.41, 5.74) is 1.07. The number of anilines is 1. The van der Waals surface area contributed by atoms with E-state index >= 15 is 0 Å². The van der Waals surface area contributed by atoms with E-state index in [9.17, 15) is 27.9 Å². The van der Waals surface area contributed by atoms with E-state index in [2.05, 4.69) is 0 Å². The molecule has 1 unspecified atom stereocenters. The number of rotatable bonds is 3. The number of carbonyl (C=O) groups is 2. The van der Waals surface area contributed by atoms with Crippen LogP contribution in [0.15, 0.2) is 66.2 Å². The van der Waals surface area contributed by atoms with Crippen LogP contribution in [0.4, 0.5) is 18.9 Å². The number of aliphatic hydroxyl groups is 1. The van der Waals surface area contributed by atoms with E-state index < -0.39 is 40.9 Å². The highest BCUT2D eigenvalue weighted by Crippen LogP contribution is 2.43. The largest absolute Gasteiger partial charge is 0.507 e. The average Bonchev–Trinajstić information content (AvgIpc) is 3.00. The summed E-state index contributed by atoms with van der Waals surface area (Å²) in [6.45, 7) is 3.30. The molecule has 162 valence electrons. The Kier molecular flexibility index (Phi) is 5.34. The Morgan fingerprint density at radius 2 is 1.66 bits per heavy atom. The first-order valence-corrected chi connectivity index (χ1v) is 9.78. The molecule has 0 spiro atoms. The van der Waals surface area contributed by atoms with Gasteiger partial charge < -0.3 is 5.11 Å². The number of Topliss-reactive ketones (excluding diaryl/α,β-unsaturated/α-hetero) is 1. The lowest BCUT2D eigenvalue weighted by molar-refractivity contribution is -0.132. The minimum atomic E-state index is -1.17. The van der Waals surface area contributed by atoms with Crippen molar-refractivity contribution in [2.75, 3.05) is 4.90 Å². The van der Waals surface area contributed by atoms with Gasteiger partial charge in [-0.1, -0.05) is 29.8 Å². The van der Waals surface area contributed by atoms with Crippen LogP contribution in [-0.4, -0.2) is 16.8 Å². The van der Waals surface area contributed by atoms with Crippen molar-refractivity contribution < 1.29 is 27.9 Å². The third-order valence-corrected chi connectivity index (χ3v) is 5.40. The first-order chi connectivity index (χ1) is 15.2. The third-order valence-electron chi connectivity index (χ3n) is 5.40. The second-order valence-electron chi connectivity index (χ2n) is 7.64. The molecule has 1 saturated heterocycles. The van der Waals surface area contributed by atoms with Gasteiger partial charge >= 0.3 is 0 Å². The molecular weight excluding hydrogens is 419 g/mol. The van der Waals surface area contributed by atoms with Gasteiger partial charge in [0.05, 0.1) is 17.3 Å². The molecule has 3 aromatic carbocycles. The molecule has 1 aliphatic heterocycles. The van der Waals surface area contributed by atoms with Gasteiger partial charge in [-0.25, -0.2) is 13.2 Å². The summed E-state index contributed by atoms with van der Waals surface area (Å²) in [6.07, 6.45) is 0. The highest BCUT2D eigenvalue weighted by atomic mass is 19.1. The van der Waals surface area contributed by atoms with Crippen molar-refractivity contribution in [3.05, 3.63) is 106 Å². The third kappa shape index (κ3) is 3.56. The number of aryl methyl sites for hydroxylation is 2. The molecule has 0 aromatic heterocycles. The number of halogens is 3. The van der Waals surface area contributed by atoms with Crippen molar-refractivity contribution in [1.29, 1.82) is 0 Å². The number of benzene rings is 3. The van der Waals surface area contributed by atoms with Crippen LogP contribution in [0.1, 0.15) is 28.3 Å². The second-order valence-corrected chi connectivity index (χ2v) is 7.64. The Hall–Kier alpha value is -3.87. The van der Waals surface area contributed by atoms with E-state index in [0.717, 1.165) is 28.7 Å². The zero-order valence-corrected chi connectivity index (χ0v) is 17.2. The Balaban J connectivity index is 1.99. The van der Waals surface area contributed by atoms with Crippen molar-refractivity contribution in [2.24, 2.45) is 0 Å². The fourth-order valence-corrected chi connectivity index (χ4v) is 3.86. The molecule has 7 heteroatoms. The molecule has 0 aliphatic carbocycles. The van der Waals surface area contributed by atoms with Crippen LogP contribution in [-0.2, 0) is 9.59 Å². The van der Waals surface area contributed by atoms with Gasteiger partial charge in [-0.05, 0) is 55.3 Å².